The fraction of sp³-hybridized carbons (Fsp3) is 0.471. The molecule has 0 amide bonds. The van der Waals surface area contributed by atoms with Gasteiger partial charge in [0.2, 0.25) is 0 Å². The zero-order valence-electron chi connectivity index (χ0n) is 25.9. The Labute approximate surface area is 249 Å². The zero-order valence-corrected chi connectivity index (χ0v) is 26.7. The predicted molar refractivity (Wildman–Crippen MR) is 171 cm³/mol. The minimum atomic E-state index is -3.46. The highest BCUT2D eigenvalue weighted by atomic mass is 32.2. The second-order valence-electron chi connectivity index (χ2n) is 12.2. The van der Waals surface area contributed by atoms with Crippen LogP contribution in [0.15, 0.2) is 18.2 Å². The van der Waals surface area contributed by atoms with Crippen molar-refractivity contribution in [3.8, 4) is 0 Å². The molecule has 7 nitrogen and oxygen atoms in total. The van der Waals surface area contributed by atoms with Crippen LogP contribution >= 0.6 is 0 Å². The molecule has 2 N–H and O–H groups in total. The van der Waals surface area contributed by atoms with Crippen molar-refractivity contribution in [2.45, 2.75) is 91.9 Å². The Morgan fingerprint density at radius 3 is 2.19 bits per heavy atom. The molecule has 3 aliphatic rings. The molecule has 42 heavy (non-hydrogen) atoms. The highest BCUT2D eigenvalue weighted by Crippen LogP contribution is 2.47. The molecule has 8 bridgehead atoms. The van der Waals surface area contributed by atoms with E-state index in [0.717, 1.165) is 83.2 Å². The molecule has 2 atom stereocenters. The van der Waals surface area contributed by atoms with E-state index in [4.69, 9.17) is 14.2 Å². The zero-order chi connectivity index (χ0) is 29.9. The molecule has 5 heterocycles. The molecule has 0 fully saturated rings. The Morgan fingerprint density at radius 1 is 0.905 bits per heavy atom. The third kappa shape index (κ3) is 4.92. The molecule has 3 aromatic heterocycles. The average Bonchev–Trinajstić information content (AvgIpc) is 3.70. The third-order valence-corrected chi connectivity index (χ3v) is 10.3. The number of nitrogens with one attached hydrogen (secondary N) is 2. The molecule has 0 aromatic carbocycles. The first-order valence-electron chi connectivity index (χ1n) is 15.3. The number of allylic oxidation sites excluding steroid dienone is 2. The van der Waals surface area contributed by atoms with Crippen LogP contribution in [-0.2, 0) is 33.6 Å². The second kappa shape index (κ2) is 10.8. The number of nitrogens with zero attached hydrogens (tertiary/aromatic N) is 2. The number of hydrogen-bond donors (Lipinski definition) is 2. The summed E-state index contributed by atoms with van der Waals surface area (Å²) in [5, 5.41) is 0. The Hall–Kier alpha value is -3.23. The van der Waals surface area contributed by atoms with Crippen LogP contribution in [-0.4, -0.2) is 41.2 Å². The van der Waals surface area contributed by atoms with Gasteiger partial charge in [-0.3, -0.25) is 9.17 Å². The molecule has 1 aliphatic carbocycles. The highest BCUT2D eigenvalue weighted by molar-refractivity contribution is 7.85. The maximum atomic E-state index is 11.6. The predicted octanol–water partition coefficient (Wildman–Crippen LogP) is 7.58. The maximum Gasteiger partial charge on any atom is 0.264 e. The molecule has 0 saturated heterocycles. The lowest BCUT2D eigenvalue weighted by molar-refractivity contribution is 0.304. The van der Waals surface area contributed by atoms with Crippen LogP contribution in [0, 0.1) is 13.8 Å². The molecule has 0 saturated carbocycles. The highest BCUT2D eigenvalue weighted by Gasteiger charge is 2.35. The first kappa shape index (κ1) is 28.9. The minimum absolute atomic E-state index is 0.173. The fourth-order valence-electron chi connectivity index (χ4n) is 7.27. The van der Waals surface area contributed by atoms with Crippen molar-refractivity contribution in [3.05, 3.63) is 68.8 Å². The molecule has 0 unspecified atom stereocenters. The van der Waals surface area contributed by atoms with Gasteiger partial charge < -0.3 is 9.97 Å². The van der Waals surface area contributed by atoms with E-state index < -0.39 is 10.1 Å². The number of H-pyrrole nitrogens is 2. The summed E-state index contributed by atoms with van der Waals surface area (Å²) in [5.41, 5.74) is 17.8. The summed E-state index contributed by atoms with van der Waals surface area (Å²) < 4.78 is 28.3. The largest absolute Gasteiger partial charge is 0.355 e. The maximum absolute atomic E-state index is 11.6. The fourth-order valence-corrected chi connectivity index (χ4v) is 7.69. The van der Waals surface area contributed by atoms with E-state index in [2.05, 4.69) is 69.7 Å². The summed E-state index contributed by atoms with van der Waals surface area (Å²) in [4.78, 5) is 18.1. The Balaban J connectivity index is 1.64. The molecule has 222 valence electrons. The lowest BCUT2D eigenvalue weighted by Gasteiger charge is -2.17. The van der Waals surface area contributed by atoms with Crippen molar-refractivity contribution in [2.75, 3.05) is 12.9 Å². The van der Waals surface area contributed by atoms with E-state index in [1.165, 1.54) is 39.0 Å². The molecule has 6 rings (SSSR count). The van der Waals surface area contributed by atoms with Crippen molar-refractivity contribution in [2.24, 2.45) is 0 Å². The van der Waals surface area contributed by atoms with Gasteiger partial charge in [0, 0.05) is 50.9 Å². The molecular weight excluding hydrogens is 544 g/mol. The molecule has 2 aliphatic heterocycles. The monoisotopic (exact) mass is 586 g/mol. The van der Waals surface area contributed by atoms with Gasteiger partial charge in [-0.25, -0.2) is 4.98 Å². The summed E-state index contributed by atoms with van der Waals surface area (Å²) in [6, 6.07) is 6.73. The normalized spacial score (nSPS) is 18.4. The summed E-state index contributed by atoms with van der Waals surface area (Å²) in [6.45, 7) is 13.5. The summed E-state index contributed by atoms with van der Waals surface area (Å²) in [6.07, 6.45) is 6.34. The van der Waals surface area contributed by atoms with Gasteiger partial charge in [-0.05, 0) is 111 Å². The van der Waals surface area contributed by atoms with Crippen LogP contribution in [0.3, 0.4) is 0 Å². The minimum Gasteiger partial charge on any atom is -0.355 e. The van der Waals surface area contributed by atoms with Crippen LogP contribution in [0.2, 0.25) is 0 Å². The van der Waals surface area contributed by atoms with Gasteiger partial charge in [0.25, 0.3) is 10.1 Å². The summed E-state index contributed by atoms with van der Waals surface area (Å²) in [7, 11) is -3.46. The van der Waals surface area contributed by atoms with Gasteiger partial charge in [-0.1, -0.05) is 20.8 Å². The second-order valence-corrected chi connectivity index (χ2v) is 13.8. The van der Waals surface area contributed by atoms with E-state index in [-0.39, 0.29) is 18.4 Å². The molecule has 8 heteroatoms. The Bertz CT molecular complexity index is 1900. The molecule has 0 radical (unpaired) electrons. The van der Waals surface area contributed by atoms with Crippen molar-refractivity contribution in [3.63, 3.8) is 0 Å². The summed E-state index contributed by atoms with van der Waals surface area (Å²) in [5.74, 6) is 0.361. The molecule has 3 aromatic rings. The van der Waals surface area contributed by atoms with E-state index in [1.807, 2.05) is 0 Å². The third-order valence-electron chi connectivity index (χ3n) is 9.67. The Morgan fingerprint density at radius 2 is 1.55 bits per heavy atom. The van der Waals surface area contributed by atoms with Crippen molar-refractivity contribution >= 4 is 43.3 Å². The number of aryl methyl sites for hydroxylation is 4. The quantitative estimate of drug-likeness (QED) is 0.220. The lowest BCUT2D eigenvalue weighted by atomic mass is 9.86. The van der Waals surface area contributed by atoms with Gasteiger partial charge >= 0.3 is 0 Å². The van der Waals surface area contributed by atoms with Crippen molar-refractivity contribution in [1.29, 1.82) is 0 Å². The van der Waals surface area contributed by atoms with Crippen LogP contribution in [0.4, 0.5) is 0 Å². The smallest absolute Gasteiger partial charge is 0.264 e. The van der Waals surface area contributed by atoms with Gasteiger partial charge in [-0.15, -0.1) is 0 Å². The van der Waals surface area contributed by atoms with E-state index in [0.29, 0.717) is 6.42 Å². The first-order valence-corrected chi connectivity index (χ1v) is 17.1. The summed E-state index contributed by atoms with van der Waals surface area (Å²) >= 11 is 0. The first-order chi connectivity index (χ1) is 20.0. The topological polar surface area (TPSA) is 101 Å². The van der Waals surface area contributed by atoms with Crippen LogP contribution in [0.5, 0.6) is 0 Å². The number of hydrogen-bond acceptors (Lipinski definition) is 5. The van der Waals surface area contributed by atoms with E-state index in [9.17, 15) is 8.42 Å². The number of rotatable bonds is 7. The SMILES string of the molecule is CCc1c(C)c2cc3[nH]c(cc4nc(c5c6nc(cc1[nH]2)C(C)=C6CC5)[C@@H](CCCOS(C)(=O)=O)[C@@H]4C)c(C)c3CC. The number of fused-ring (bicyclic) bond motifs is 8. The lowest BCUT2D eigenvalue weighted by Crippen LogP contribution is -2.08. The van der Waals surface area contributed by atoms with Gasteiger partial charge in [-0.2, -0.15) is 8.42 Å². The van der Waals surface area contributed by atoms with Gasteiger partial charge in [0.1, 0.15) is 0 Å². The van der Waals surface area contributed by atoms with Crippen LogP contribution in [0.1, 0.15) is 109 Å². The molecule has 0 spiro atoms. The van der Waals surface area contributed by atoms with Gasteiger partial charge in [0.05, 0.1) is 24.3 Å². The standard InChI is InChI=1S/C34H42N4O3S/c1-8-22-18(3)27-15-29-20(5)24(11-10-14-41-42(7,39)40)33(37-29)26-13-12-25-21(6)30(38-34(25)26)17-32-23(9-2)19(4)28(36-32)16-31(22)35-27/h15-17,20,24,35-36H,8-14H2,1-7H3/t20-,24-/m0/s1. The van der Waals surface area contributed by atoms with Crippen molar-refractivity contribution in [1.82, 2.24) is 19.9 Å². The Kier molecular flexibility index (Phi) is 7.42. The van der Waals surface area contributed by atoms with E-state index in [1.54, 1.807) is 0 Å². The number of aromatic nitrogens is 4. The molecular formula is C34H42N4O3S. The number of aromatic amines is 2. The van der Waals surface area contributed by atoms with Gasteiger partial charge in [0.15, 0.2) is 0 Å². The van der Waals surface area contributed by atoms with Crippen LogP contribution in [0.25, 0.3) is 33.2 Å². The van der Waals surface area contributed by atoms with E-state index >= 15 is 0 Å². The average molecular weight is 587 g/mol. The van der Waals surface area contributed by atoms with Crippen molar-refractivity contribution < 1.29 is 12.6 Å². The van der Waals surface area contributed by atoms with Crippen LogP contribution < -0.4 is 0 Å².